The van der Waals surface area contributed by atoms with Crippen LogP contribution < -0.4 is 5.32 Å². The summed E-state index contributed by atoms with van der Waals surface area (Å²) in [5.74, 6) is 1.04. The maximum atomic E-state index is 12.0. The summed E-state index contributed by atoms with van der Waals surface area (Å²) in [6.45, 7) is 4.25. The fourth-order valence-electron chi connectivity index (χ4n) is 3.92. The average molecular weight is 507 g/mol. The predicted octanol–water partition coefficient (Wildman–Crippen LogP) is 3.75. The normalized spacial score (nSPS) is 19.0. The van der Waals surface area contributed by atoms with Gasteiger partial charge in [-0.05, 0) is 17.0 Å². The number of carbonyl (C=O) groups excluding carboxylic acids is 1. The van der Waals surface area contributed by atoms with E-state index in [9.17, 15) is 4.79 Å². The first-order valence-electron chi connectivity index (χ1n) is 9.77. The van der Waals surface area contributed by atoms with E-state index in [4.69, 9.17) is 4.74 Å². The molecule has 1 saturated heterocycles. The highest BCUT2D eigenvalue weighted by Gasteiger charge is 2.37. The molecule has 156 valence electrons. The number of benzene rings is 2. The zero-order valence-electron chi connectivity index (χ0n) is 17.2. The summed E-state index contributed by atoms with van der Waals surface area (Å²) >= 11 is 0. The van der Waals surface area contributed by atoms with E-state index >= 15 is 0 Å². The number of guanidine groups is 1. The van der Waals surface area contributed by atoms with E-state index in [2.05, 4.69) is 70.7 Å². The van der Waals surface area contributed by atoms with Crippen molar-refractivity contribution in [3.05, 3.63) is 71.8 Å². The molecule has 1 aliphatic rings. The number of aliphatic imine (C=N–C) groups is 1. The summed E-state index contributed by atoms with van der Waals surface area (Å²) in [5, 5.41) is 3.53. The van der Waals surface area contributed by atoms with Crippen molar-refractivity contribution in [3.8, 4) is 0 Å². The third-order valence-electron chi connectivity index (χ3n) is 5.50. The van der Waals surface area contributed by atoms with Gasteiger partial charge in [-0.1, -0.05) is 67.6 Å². The molecule has 0 aromatic heterocycles. The number of carbonyl (C=O) groups is 1. The Kier molecular flexibility index (Phi) is 8.95. The Morgan fingerprint density at radius 3 is 2.14 bits per heavy atom. The molecule has 1 heterocycles. The zero-order valence-corrected chi connectivity index (χ0v) is 19.6. The minimum absolute atomic E-state index is 0. The minimum atomic E-state index is -0.142. The first-order valence-corrected chi connectivity index (χ1v) is 9.77. The minimum Gasteiger partial charge on any atom is -0.469 e. The van der Waals surface area contributed by atoms with E-state index in [0.717, 1.165) is 19.0 Å². The monoisotopic (exact) mass is 507 g/mol. The van der Waals surface area contributed by atoms with Gasteiger partial charge in [-0.3, -0.25) is 9.79 Å². The molecule has 6 heteroatoms. The molecular weight excluding hydrogens is 477 g/mol. The summed E-state index contributed by atoms with van der Waals surface area (Å²) in [5.41, 5.74) is 2.53. The molecule has 1 aliphatic heterocycles. The van der Waals surface area contributed by atoms with Crippen LogP contribution in [0.2, 0.25) is 0 Å². The standard InChI is InChI=1S/C23H29N3O2.HI/c1-17-15-26(16-21(17)22(27)28-3)23(24-2)25-14-20(18-10-6-4-7-11-18)19-12-8-5-9-13-19;/h4-13,17,20-21H,14-16H2,1-3H3,(H,24,25);1H. The van der Waals surface area contributed by atoms with Gasteiger partial charge in [0.25, 0.3) is 0 Å². The highest BCUT2D eigenvalue weighted by molar-refractivity contribution is 14.0. The second-order valence-corrected chi connectivity index (χ2v) is 7.31. The highest BCUT2D eigenvalue weighted by atomic mass is 127. The lowest BCUT2D eigenvalue weighted by Gasteiger charge is -2.25. The van der Waals surface area contributed by atoms with Crippen molar-refractivity contribution in [1.29, 1.82) is 0 Å². The Balaban J connectivity index is 0.00000300. The van der Waals surface area contributed by atoms with E-state index in [0.29, 0.717) is 6.54 Å². The smallest absolute Gasteiger partial charge is 0.310 e. The Morgan fingerprint density at radius 1 is 1.10 bits per heavy atom. The molecule has 1 N–H and O–H groups in total. The Labute approximate surface area is 190 Å². The topological polar surface area (TPSA) is 53.9 Å². The average Bonchev–Trinajstić information content (AvgIpc) is 3.13. The van der Waals surface area contributed by atoms with Gasteiger partial charge in [0.15, 0.2) is 5.96 Å². The van der Waals surface area contributed by atoms with Crippen molar-refractivity contribution in [2.75, 3.05) is 33.8 Å². The molecule has 0 aliphatic carbocycles. The molecule has 3 rings (SSSR count). The maximum Gasteiger partial charge on any atom is 0.310 e. The number of methoxy groups -OCH3 is 1. The zero-order chi connectivity index (χ0) is 19.9. The maximum absolute atomic E-state index is 12.0. The molecule has 2 aromatic rings. The number of ether oxygens (including phenoxy) is 1. The van der Waals surface area contributed by atoms with Crippen LogP contribution in [0.4, 0.5) is 0 Å². The molecule has 0 bridgehead atoms. The number of esters is 1. The van der Waals surface area contributed by atoms with E-state index in [1.807, 2.05) is 12.1 Å². The van der Waals surface area contributed by atoms with Crippen molar-refractivity contribution in [2.24, 2.45) is 16.8 Å². The van der Waals surface area contributed by atoms with Gasteiger partial charge in [0.2, 0.25) is 0 Å². The molecule has 2 atom stereocenters. The fourth-order valence-corrected chi connectivity index (χ4v) is 3.92. The first-order chi connectivity index (χ1) is 13.6. The second kappa shape index (κ2) is 11.2. The number of nitrogens with zero attached hydrogens (tertiary/aromatic N) is 2. The molecule has 1 fully saturated rings. The molecule has 0 amide bonds. The third kappa shape index (κ3) is 5.72. The lowest BCUT2D eigenvalue weighted by molar-refractivity contribution is -0.145. The molecular formula is C23H30IN3O2. The van der Waals surface area contributed by atoms with Crippen LogP contribution in [-0.4, -0.2) is 50.6 Å². The summed E-state index contributed by atoms with van der Waals surface area (Å²) < 4.78 is 4.95. The molecule has 0 radical (unpaired) electrons. The van der Waals surface area contributed by atoms with Crippen molar-refractivity contribution in [2.45, 2.75) is 12.8 Å². The van der Waals surface area contributed by atoms with Crippen molar-refractivity contribution < 1.29 is 9.53 Å². The summed E-state index contributed by atoms with van der Waals surface area (Å²) in [7, 11) is 3.24. The number of hydrogen-bond donors (Lipinski definition) is 1. The third-order valence-corrected chi connectivity index (χ3v) is 5.50. The van der Waals surface area contributed by atoms with Crippen molar-refractivity contribution in [3.63, 3.8) is 0 Å². The van der Waals surface area contributed by atoms with Gasteiger partial charge in [-0.2, -0.15) is 0 Å². The SMILES string of the molecule is CN=C(NCC(c1ccccc1)c1ccccc1)N1CC(C)C(C(=O)OC)C1.I. The van der Waals surface area contributed by atoms with E-state index in [1.54, 1.807) is 7.05 Å². The van der Waals surface area contributed by atoms with Gasteiger partial charge in [0.05, 0.1) is 13.0 Å². The second-order valence-electron chi connectivity index (χ2n) is 7.31. The fraction of sp³-hybridized carbons (Fsp3) is 0.391. The Bertz CT molecular complexity index is 759. The van der Waals surface area contributed by atoms with Crippen molar-refractivity contribution in [1.82, 2.24) is 10.2 Å². The van der Waals surface area contributed by atoms with E-state index in [-0.39, 0.29) is 47.7 Å². The Hall–Kier alpha value is -2.09. The van der Waals surface area contributed by atoms with E-state index in [1.165, 1.54) is 18.2 Å². The van der Waals surface area contributed by atoms with E-state index < -0.39 is 0 Å². The summed E-state index contributed by atoms with van der Waals surface area (Å²) in [6.07, 6.45) is 0. The van der Waals surface area contributed by atoms with Crippen LogP contribution in [0.3, 0.4) is 0 Å². The van der Waals surface area contributed by atoms with Crippen LogP contribution in [0.5, 0.6) is 0 Å². The van der Waals surface area contributed by atoms with Crippen LogP contribution in [-0.2, 0) is 9.53 Å². The molecule has 5 nitrogen and oxygen atoms in total. The van der Waals surface area contributed by atoms with Gasteiger partial charge < -0.3 is 15.0 Å². The Morgan fingerprint density at radius 2 is 1.66 bits per heavy atom. The number of nitrogens with one attached hydrogen (secondary N) is 1. The van der Waals surface area contributed by atoms with Crippen molar-refractivity contribution >= 4 is 35.9 Å². The van der Waals surface area contributed by atoms with Gasteiger partial charge >= 0.3 is 5.97 Å². The molecule has 2 aromatic carbocycles. The summed E-state index contributed by atoms with van der Waals surface area (Å²) in [4.78, 5) is 18.6. The van der Waals surface area contributed by atoms with Gasteiger partial charge in [-0.25, -0.2) is 0 Å². The lowest BCUT2D eigenvalue weighted by atomic mass is 9.91. The molecule has 29 heavy (non-hydrogen) atoms. The molecule has 2 unspecified atom stereocenters. The van der Waals surface area contributed by atoms with Gasteiger partial charge in [0, 0.05) is 32.6 Å². The number of halogens is 1. The van der Waals surface area contributed by atoms with Crippen LogP contribution in [0, 0.1) is 11.8 Å². The predicted molar refractivity (Wildman–Crippen MR) is 128 cm³/mol. The van der Waals surface area contributed by atoms with Crippen LogP contribution in [0.25, 0.3) is 0 Å². The van der Waals surface area contributed by atoms with Gasteiger partial charge in [0.1, 0.15) is 0 Å². The summed E-state index contributed by atoms with van der Waals surface area (Å²) in [6, 6.07) is 21.0. The number of hydrogen-bond acceptors (Lipinski definition) is 3. The number of likely N-dealkylation sites (tertiary alicyclic amines) is 1. The van der Waals surface area contributed by atoms with Crippen LogP contribution in [0.15, 0.2) is 65.7 Å². The highest BCUT2D eigenvalue weighted by Crippen LogP contribution is 2.26. The molecule has 0 spiro atoms. The largest absolute Gasteiger partial charge is 0.469 e. The first kappa shape index (κ1) is 23.2. The quantitative estimate of drug-likeness (QED) is 0.290. The van der Waals surface area contributed by atoms with Crippen LogP contribution in [0.1, 0.15) is 24.0 Å². The molecule has 0 saturated carbocycles. The lowest BCUT2D eigenvalue weighted by Crippen LogP contribution is -2.42. The van der Waals surface area contributed by atoms with Crippen LogP contribution >= 0.6 is 24.0 Å². The van der Waals surface area contributed by atoms with Gasteiger partial charge in [-0.15, -0.1) is 24.0 Å². The number of rotatable bonds is 5.